The van der Waals surface area contributed by atoms with Gasteiger partial charge in [-0.1, -0.05) is 15.9 Å². The fraction of sp³-hybridized carbons (Fsp3) is 0.500. The highest BCUT2D eigenvalue weighted by Crippen LogP contribution is 2.20. The number of nitrogens with zero attached hydrogens (tertiary/aromatic N) is 2. The van der Waals surface area contributed by atoms with Gasteiger partial charge in [0.05, 0.1) is 6.10 Å². The minimum Gasteiger partial charge on any atom is -0.389 e. The molecule has 1 rings (SSSR count). The average Bonchev–Trinajstić information content (AvgIpc) is 2.15. The molecule has 1 heterocycles. The van der Waals surface area contributed by atoms with E-state index in [9.17, 15) is 10.2 Å². The van der Waals surface area contributed by atoms with Crippen LogP contribution in [-0.2, 0) is 0 Å². The van der Waals surface area contributed by atoms with Crippen LogP contribution in [0.25, 0.3) is 0 Å². The third-order valence-corrected chi connectivity index (χ3v) is 2.54. The van der Waals surface area contributed by atoms with Gasteiger partial charge < -0.3 is 15.9 Å². The van der Waals surface area contributed by atoms with E-state index in [1.165, 1.54) is 6.20 Å². The molecule has 0 radical (unpaired) electrons. The van der Waals surface area contributed by atoms with E-state index in [1.54, 1.807) is 6.92 Å². The van der Waals surface area contributed by atoms with Gasteiger partial charge in [-0.25, -0.2) is 9.97 Å². The molecule has 0 saturated heterocycles. The number of aryl methyl sites for hydroxylation is 1. The second-order valence-electron chi connectivity index (χ2n) is 2.94. The molecule has 0 fully saturated rings. The van der Waals surface area contributed by atoms with Crippen LogP contribution < -0.4 is 5.73 Å². The Kier molecular flexibility index (Phi) is 3.79. The zero-order chi connectivity index (χ0) is 10.7. The number of halogens is 1. The van der Waals surface area contributed by atoms with Crippen molar-refractivity contribution in [3.8, 4) is 0 Å². The van der Waals surface area contributed by atoms with Crippen molar-refractivity contribution < 1.29 is 10.2 Å². The molecule has 0 amide bonds. The maximum atomic E-state index is 9.66. The molecule has 14 heavy (non-hydrogen) atoms. The van der Waals surface area contributed by atoms with Gasteiger partial charge in [-0.3, -0.25) is 0 Å². The highest BCUT2D eigenvalue weighted by molar-refractivity contribution is 9.09. The van der Waals surface area contributed by atoms with Crippen molar-refractivity contribution in [2.45, 2.75) is 19.1 Å². The van der Waals surface area contributed by atoms with E-state index < -0.39 is 12.2 Å². The number of hydrogen-bond donors (Lipinski definition) is 3. The van der Waals surface area contributed by atoms with Crippen LogP contribution in [0.2, 0.25) is 0 Å². The van der Waals surface area contributed by atoms with E-state index in [4.69, 9.17) is 5.73 Å². The number of aromatic nitrogens is 2. The van der Waals surface area contributed by atoms with E-state index >= 15 is 0 Å². The second kappa shape index (κ2) is 4.68. The van der Waals surface area contributed by atoms with Crippen LogP contribution in [-0.4, -0.2) is 31.6 Å². The van der Waals surface area contributed by atoms with Gasteiger partial charge in [0.1, 0.15) is 6.10 Å². The van der Waals surface area contributed by atoms with Crippen LogP contribution in [0.15, 0.2) is 6.20 Å². The number of anilines is 1. The molecule has 0 aliphatic rings. The van der Waals surface area contributed by atoms with Gasteiger partial charge in [0, 0.05) is 22.8 Å². The monoisotopic (exact) mass is 261 g/mol. The van der Waals surface area contributed by atoms with Crippen molar-refractivity contribution in [2.24, 2.45) is 0 Å². The fourth-order valence-corrected chi connectivity index (χ4v) is 1.43. The van der Waals surface area contributed by atoms with Crippen molar-refractivity contribution in [3.05, 3.63) is 17.5 Å². The van der Waals surface area contributed by atoms with Crippen LogP contribution in [0.1, 0.15) is 17.4 Å². The first-order valence-electron chi connectivity index (χ1n) is 4.07. The van der Waals surface area contributed by atoms with E-state index in [-0.39, 0.29) is 11.3 Å². The van der Waals surface area contributed by atoms with Gasteiger partial charge in [-0.05, 0) is 6.92 Å². The van der Waals surface area contributed by atoms with Gasteiger partial charge in [0.15, 0.2) is 0 Å². The van der Waals surface area contributed by atoms with E-state index in [1.807, 2.05) is 0 Å². The highest BCUT2D eigenvalue weighted by atomic mass is 79.9. The summed E-state index contributed by atoms with van der Waals surface area (Å²) >= 11 is 3.08. The summed E-state index contributed by atoms with van der Waals surface area (Å²) in [6.45, 7) is 1.71. The summed E-state index contributed by atoms with van der Waals surface area (Å²) in [4.78, 5) is 7.65. The third-order valence-electron chi connectivity index (χ3n) is 1.88. The fourth-order valence-electron chi connectivity index (χ4n) is 1.08. The number of aliphatic hydroxyl groups excluding tert-OH is 2. The normalized spacial score (nSPS) is 15.1. The molecule has 0 aliphatic heterocycles. The van der Waals surface area contributed by atoms with Gasteiger partial charge in [0.2, 0.25) is 5.95 Å². The molecule has 1 aromatic heterocycles. The van der Waals surface area contributed by atoms with Gasteiger partial charge >= 0.3 is 0 Å². The minimum absolute atomic E-state index is 0.159. The molecule has 0 spiro atoms. The summed E-state index contributed by atoms with van der Waals surface area (Å²) in [5.74, 6) is 0.159. The molecule has 2 unspecified atom stereocenters. The number of alkyl halides is 1. The number of nitrogen functional groups attached to an aromatic ring is 1. The maximum Gasteiger partial charge on any atom is 0.220 e. The van der Waals surface area contributed by atoms with Crippen molar-refractivity contribution >= 4 is 21.9 Å². The molecule has 0 bridgehead atoms. The predicted molar refractivity (Wildman–Crippen MR) is 55.9 cm³/mol. The SMILES string of the molecule is Cc1nc(N)ncc1C(O)C(O)CBr. The first-order chi connectivity index (χ1) is 6.56. The Morgan fingerprint density at radius 1 is 1.57 bits per heavy atom. The van der Waals surface area contributed by atoms with Crippen molar-refractivity contribution in [1.29, 1.82) is 0 Å². The summed E-state index contributed by atoms with van der Waals surface area (Å²) < 4.78 is 0. The largest absolute Gasteiger partial charge is 0.389 e. The maximum absolute atomic E-state index is 9.66. The summed E-state index contributed by atoms with van der Waals surface area (Å²) in [6.07, 6.45) is -0.440. The Balaban J connectivity index is 2.95. The molecule has 2 atom stereocenters. The van der Waals surface area contributed by atoms with Crippen LogP contribution in [0, 0.1) is 6.92 Å². The molecule has 4 N–H and O–H groups in total. The molecule has 0 aromatic carbocycles. The van der Waals surface area contributed by atoms with Crippen molar-refractivity contribution in [3.63, 3.8) is 0 Å². The number of aliphatic hydroxyl groups is 2. The standard InChI is InChI=1S/C8H12BrN3O2/c1-4-5(3-11-8(10)12-4)7(14)6(13)2-9/h3,6-7,13-14H,2H2,1H3,(H2,10,11,12). The molecule has 6 heteroatoms. The molecule has 5 nitrogen and oxygen atoms in total. The summed E-state index contributed by atoms with van der Waals surface area (Å²) in [6, 6.07) is 0. The smallest absolute Gasteiger partial charge is 0.220 e. The lowest BCUT2D eigenvalue weighted by atomic mass is 10.1. The van der Waals surface area contributed by atoms with Crippen LogP contribution >= 0.6 is 15.9 Å². The molecule has 1 aromatic rings. The molecular formula is C8H12BrN3O2. The van der Waals surface area contributed by atoms with Crippen LogP contribution in [0.5, 0.6) is 0 Å². The second-order valence-corrected chi connectivity index (χ2v) is 3.58. The topological polar surface area (TPSA) is 92.3 Å². The van der Waals surface area contributed by atoms with Crippen LogP contribution in [0.3, 0.4) is 0 Å². The minimum atomic E-state index is -0.991. The van der Waals surface area contributed by atoms with Gasteiger partial charge in [-0.2, -0.15) is 0 Å². The summed E-state index contributed by atoms with van der Waals surface area (Å²) in [5, 5.41) is 19.3. The summed E-state index contributed by atoms with van der Waals surface area (Å²) in [5.41, 5.74) is 6.43. The van der Waals surface area contributed by atoms with Crippen LogP contribution in [0.4, 0.5) is 5.95 Å². The lowest BCUT2D eigenvalue weighted by Crippen LogP contribution is -2.21. The third kappa shape index (κ3) is 2.40. The first-order valence-corrected chi connectivity index (χ1v) is 5.19. The summed E-state index contributed by atoms with van der Waals surface area (Å²) in [7, 11) is 0. The lowest BCUT2D eigenvalue weighted by molar-refractivity contribution is 0.0334. The van der Waals surface area contributed by atoms with E-state index in [0.29, 0.717) is 11.3 Å². The molecule has 0 saturated carbocycles. The van der Waals surface area contributed by atoms with Gasteiger partial charge in [-0.15, -0.1) is 0 Å². The zero-order valence-corrected chi connectivity index (χ0v) is 9.27. The highest BCUT2D eigenvalue weighted by Gasteiger charge is 2.19. The quantitative estimate of drug-likeness (QED) is 0.674. The zero-order valence-electron chi connectivity index (χ0n) is 7.68. The van der Waals surface area contributed by atoms with E-state index in [2.05, 4.69) is 25.9 Å². The Morgan fingerprint density at radius 2 is 2.21 bits per heavy atom. The Labute approximate surface area is 90.1 Å². The Bertz CT molecular complexity index is 321. The van der Waals surface area contributed by atoms with E-state index in [0.717, 1.165) is 0 Å². The predicted octanol–water partition coefficient (Wildman–Crippen LogP) is 0.156. The number of hydrogen-bond acceptors (Lipinski definition) is 5. The number of rotatable bonds is 3. The van der Waals surface area contributed by atoms with Gasteiger partial charge in [0.25, 0.3) is 0 Å². The molecule has 0 aliphatic carbocycles. The number of nitrogens with two attached hydrogens (primary N) is 1. The lowest BCUT2D eigenvalue weighted by Gasteiger charge is -2.16. The van der Waals surface area contributed by atoms with Crippen molar-refractivity contribution in [1.82, 2.24) is 9.97 Å². The molecule has 78 valence electrons. The first kappa shape index (κ1) is 11.4. The Hall–Kier alpha value is -0.720. The van der Waals surface area contributed by atoms with Crippen molar-refractivity contribution in [2.75, 3.05) is 11.1 Å². The molecular weight excluding hydrogens is 250 g/mol. The Morgan fingerprint density at radius 3 is 2.71 bits per heavy atom. The average molecular weight is 262 g/mol.